The van der Waals surface area contributed by atoms with Crippen LogP contribution in [0, 0.1) is 11.8 Å². The molecule has 2 fully saturated rings. The summed E-state index contributed by atoms with van der Waals surface area (Å²) in [6.45, 7) is 0.0992. The second-order valence-electron chi connectivity index (χ2n) is 6.26. The Labute approximate surface area is 123 Å². The Bertz CT molecular complexity index is 533. The van der Waals surface area contributed by atoms with Gasteiger partial charge in [-0.1, -0.05) is 5.21 Å². The number of nitrogens with one attached hydrogen (secondary N) is 1. The van der Waals surface area contributed by atoms with Crippen molar-refractivity contribution >= 4 is 11.8 Å². The van der Waals surface area contributed by atoms with E-state index in [1.807, 2.05) is 0 Å². The number of nitrogens with zero attached hydrogens (tertiary/aromatic N) is 4. The molecule has 1 heterocycles. The Hall–Kier alpha value is -1.92. The zero-order valence-electron chi connectivity index (χ0n) is 12.5. The maximum absolute atomic E-state index is 12.2. The number of carbonyl (C=O) groups excluding carboxylic acids is 2. The monoisotopic (exact) mass is 291 g/mol. The first kappa shape index (κ1) is 14.0. The summed E-state index contributed by atoms with van der Waals surface area (Å²) < 4.78 is 1.40. The van der Waals surface area contributed by atoms with Crippen molar-refractivity contribution in [3.8, 4) is 0 Å². The molecule has 2 saturated carbocycles. The number of amides is 2. The molecular weight excluding hydrogens is 270 g/mol. The van der Waals surface area contributed by atoms with Crippen LogP contribution < -0.4 is 5.32 Å². The van der Waals surface area contributed by atoms with Gasteiger partial charge in [-0.3, -0.25) is 9.59 Å². The quantitative estimate of drug-likeness (QED) is 0.816. The molecule has 0 bridgehead atoms. The standard InChI is InChI=1S/C14H21N5O2/c1-18(2)12(20)8-19-7-11(16-17-19)14(21)15-13(9-3-4-9)10-5-6-10/h7,9-10,13H,3-6,8H2,1-2H3,(H,15,21). The Kier molecular flexibility index (Phi) is 3.65. The van der Waals surface area contributed by atoms with Gasteiger partial charge in [-0.05, 0) is 37.5 Å². The van der Waals surface area contributed by atoms with Gasteiger partial charge in [0.05, 0.1) is 6.20 Å². The molecule has 2 aliphatic rings. The van der Waals surface area contributed by atoms with E-state index in [2.05, 4.69) is 15.6 Å². The average molecular weight is 291 g/mol. The van der Waals surface area contributed by atoms with E-state index in [1.165, 1.54) is 41.5 Å². The predicted octanol–water partition coefficient (Wildman–Crippen LogP) is 0.285. The molecule has 0 spiro atoms. The minimum atomic E-state index is -0.178. The predicted molar refractivity (Wildman–Crippen MR) is 75.4 cm³/mol. The molecule has 3 rings (SSSR count). The van der Waals surface area contributed by atoms with E-state index in [1.54, 1.807) is 14.1 Å². The molecule has 1 aromatic rings. The van der Waals surface area contributed by atoms with Crippen molar-refractivity contribution < 1.29 is 9.59 Å². The van der Waals surface area contributed by atoms with Gasteiger partial charge < -0.3 is 10.2 Å². The third kappa shape index (κ3) is 3.40. The molecular formula is C14H21N5O2. The normalized spacial score (nSPS) is 17.9. The molecule has 0 saturated heterocycles. The van der Waals surface area contributed by atoms with Crippen LogP contribution in [0.15, 0.2) is 6.20 Å². The van der Waals surface area contributed by atoms with E-state index in [-0.39, 0.29) is 24.1 Å². The van der Waals surface area contributed by atoms with Crippen LogP contribution in [0.4, 0.5) is 0 Å². The minimum absolute atomic E-state index is 0.0827. The molecule has 0 aliphatic heterocycles. The molecule has 2 aliphatic carbocycles. The summed E-state index contributed by atoms with van der Waals surface area (Å²) in [5.74, 6) is 1.03. The van der Waals surface area contributed by atoms with Crippen molar-refractivity contribution in [1.82, 2.24) is 25.2 Å². The van der Waals surface area contributed by atoms with Crippen LogP contribution in [0.25, 0.3) is 0 Å². The fraction of sp³-hybridized carbons (Fsp3) is 0.714. The van der Waals surface area contributed by atoms with Crippen LogP contribution in [0.2, 0.25) is 0 Å². The summed E-state index contributed by atoms with van der Waals surface area (Å²) in [6, 6.07) is 0.297. The van der Waals surface area contributed by atoms with Gasteiger partial charge in [0.25, 0.3) is 5.91 Å². The van der Waals surface area contributed by atoms with Crippen LogP contribution in [0.5, 0.6) is 0 Å². The van der Waals surface area contributed by atoms with Crippen LogP contribution in [0.1, 0.15) is 36.2 Å². The Morgan fingerprint density at radius 1 is 1.33 bits per heavy atom. The lowest BCUT2D eigenvalue weighted by Crippen LogP contribution is -2.38. The highest BCUT2D eigenvalue weighted by atomic mass is 16.2. The van der Waals surface area contributed by atoms with Crippen molar-refractivity contribution in [3.05, 3.63) is 11.9 Å². The summed E-state index contributed by atoms with van der Waals surface area (Å²) in [7, 11) is 3.37. The fourth-order valence-corrected chi connectivity index (χ4v) is 2.52. The third-order valence-corrected chi connectivity index (χ3v) is 4.12. The van der Waals surface area contributed by atoms with Gasteiger partial charge >= 0.3 is 0 Å². The first-order valence-corrected chi connectivity index (χ1v) is 7.45. The maximum atomic E-state index is 12.2. The smallest absolute Gasteiger partial charge is 0.273 e. The number of likely N-dealkylation sites (N-methyl/N-ethyl adjacent to an activating group) is 1. The molecule has 21 heavy (non-hydrogen) atoms. The van der Waals surface area contributed by atoms with E-state index >= 15 is 0 Å². The first-order chi connectivity index (χ1) is 10.0. The van der Waals surface area contributed by atoms with Crippen molar-refractivity contribution in [2.24, 2.45) is 11.8 Å². The van der Waals surface area contributed by atoms with Crippen LogP contribution >= 0.6 is 0 Å². The van der Waals surface area contributed by atoms with Gasteiger partial charge in [-0.25, -0.2) is 4.68 Å². The average Bonchev–Trinajstić information content (AvgIpc) is 3.35. The summed E-state index contributed by atoms with van der Waals surface area (Å²) in [4.78, 5) is 25.3. The van der Waals surface area contributed by atoms with Gasteiger partial charge in [0, 0.05) is 20.1 Å². The molecule has 0 radical (unpaired) electrons. The number of carbonyl (C=O) groups is 2. The molecule has 0 unspecified atom stereocenters. The second kappa shape index (κ2) is 5.46. The van der Waals surface area contributed by atoms with E-state index in [9.17, 15) is 9.59 Å². The van der Waals surface area contributed by atoms with E-state index in [4.69, 9.17) is 0 Å². The highest BCUT2D eigenvalue weighted by Crippen LogP contribution is 2.44. The second-order valence-corrected chi connectivity index (χ2v) is 6.26. The van der Waals surface area contributed by atoms with Crippen molar-refractivity contribution in [2.75, 3.05) is 14.1 Å². The number of rotatable bonds is 6. The van der Waals surface area contributed by atoms with E-state index in [0.717, 1.165) is 0 Å². The number of hydrogen-bond acceptors (Lipinski definition) is 4. The molecule has 1 N–H and O–H groups in total. The molecule has 7 nitrogen and oxygen atoms in total. The number of hydrogen-bond donors (Lipinski definition) is 1. The molecule has 0 atom stereocenters. The van der Waals surface area contributed by atoms with Crippen LogP contribution in [-0.2, 0) is 11.3 Å². The van der Waals surface area contributed by atoms with Crippen molar-refractivity contribution in [1.29, 1.82) is 0 Å². The van der Waals surface area contributed by atoms with Gasteiger partial charge in [0.15, 0.2) is 5.69 Å². The Balaban J connectivity index is 1.59. The molecule has 1 aromatic heterocycles. The molecule has 114 valence electrons. The van der Waals surface area contributed by atoms with E-state index in [0.29, 0.717) is 17.9 Å². The van der Waals surface area contributed by atoms with Crippen LogP contribution in [-0.4, -0.2) is 51.8 Å². The van der Waals surface area contributed by atoms with Crippen LogP contribution in [0.3, 0.4) is 0 Å². The molecule has 7 heteroatoms. The highest BCUT2D eigenvalue weighted by Gasteiger charge is 2.42. The van der Waals surface area contributed by atoms with E-state index < -0.39 is 0 Å². The third-order valence-electron chi connectivity index (χ3n) is 4.12. The Morgan fingerprint density at radius 2 is 1.95 bits per heavy atom. The fourth-order valence-electron chi connectivity index (χ4n) is 2.52. The molecule has 2 amide bonds. The lowest BCUT2D eigenvalue weighted by molar-refractivity contribution is -0.129. The molecule has 0 aromatic carbocycles. The first-order valence-electron chi connectivity index (χ1n) is 7.45. The minimum Gasteiger partial charge on any atom is -0.347 e. The largest absolute Gasteiger partial charge is 0.347 e. The summed E-state index contributed by atoms with van der Waals surface area (Å²) >= 11 is 0. The van der Waals surface area contributed by atoms with Crippen molar-refractivity contribution in [3.63, 3.8) is 0 Å². The van der Waals surface area contributed by atoms with Gasteiger partial charge in [0.2, 0.25) is 5.91 Å². The lowest BCUT2D eigenvalue weighted by Gasteiger charge is -2.16. The number of aromatic nitrogens is 3. The lowest BCUT2D eigenvalue weighted by atomic mass is 10.1. The highest BCUT2D eigenvalue weighted by molar-refractivity contribution is 5.92. The zero-order chi connectivity index (χ0) is 15.0. The zero-order valence-corrected chi connectivity index (χ0v) is 12.5. The Morgan fingerprint density at radius 3 is 2.48 bits per heavy atom. The maximum Gasteiger partial charge on any atom is 0.273 e. The SMILES string of the molecule is CN(C)C(=O)Cn1cc(C(=O)NC(C2CC2)C2CC2)nn1. The summed E-state index contributed by atoms with van der Waals surface area (Å²) in [5.41, 5.74) is 0.285. The van der Waals surface area contributed by atoms with Gasteiger partial charge in [-0.2, -0.15) is 0 Å². The summed E-state index contributed by atoms with van der Waals surface area (Å²) in [6.07, 6.45) is 6.39. The van der Waals surface area contributed by atoms with Gasteiger partial charge in [0.1, 0.15) is 6.54 Å². The summed E-state index contributed by atoms with van der Waals surface area (Å²) in [5, 5.41) is 10.8. The topological polar surface area (TPSA) is 80.1 Å². The van der Waals surface area contributed by atoms with Crippen molar-refractivity contribution in [2.45, 2.75) is 38.3 Å². The van der Waals surface area contributed by atoms with Gasteiger partial charge in [-0.15, -0.1) is 5.10 Å².